The number of phenols is 2. The number of phenolic OH excluding ortho intramolecular Hbond substituents is 2. The van der Waals surface area contributed by atoms with Gasteiger partial charge in [0, 0.05) is 27.3 Å². The van der Waals surface area contributed by atoms with Crippen molar-refractivity contribution in [3.63, 3.8) is 0 Å². The number of hydrogen-bond donors (Lipinski definition) is 2. The Morgan fingerprint density at radius 2 is 1.22 bits per heavy atom. The van der Waals surface area contributed by atoms with Crippen molar-refractivity contribution in [1.82, 2.24) is 0 Å². The van der Waals surface area contributed by atoms with Crippen LogP contribution < -0.4 is 0 Å². The molecule has 2 N–H and O–H groups in total. The fourth-order valence-electron chi connectivity index (χ4n) is 0.464. The maximum atomic E-state index is 8.67. The summed E-state index contributed by atoms with van der Waals surface area (Å²) in [5.41, 5.74) is 0. The largest absolute Gasteiger partial charge is 0.504 e. The molecular weight excluding hydrogens is 216 g/mol. The molecule has 0 atom stereocenters. The number of aromatic hydroxyl groups is 2. The first-order valence-corrected chi connectivity index (χ1v) is 2.27. The smallest absolute Gasteiger partial charge is 0.157 e. The summed E-state index contributed by atoms with van der Waals surface area (Å²) in [7, 11) is 0. The third kappa shape index (κ3) is 2.21. The van der Waals surface area contributed by atoms with Gasteiger partial charge < -0.3 is 10.2 Å². The fraction of sp³-hybridized carbons (Fsp3) is 0. The summed E-state index contributed by atoms with van der Waals surface area (Å²) in [4.78, 5) is 0. The maximum absolute atomic E-state index is 8.67. The van der Waals surface area contributed by atoms with Crippen molar-refractivity contribution in [1.29, 1.82) is 0 Å². The van der Waals surface area contributed by atoms with E-state index in [-0.39, 0.29) is 38.8 Å². The molecule has 1 rings (SSSR count). The average Bonchev–Trinajstić information content (AvgIpc) is 1.77. The third-order valence-corrected chi connectivity index (χ3v) is 0.882. The first kappa shape index (κ1) is 8.74. The molecule has 0 heterocycles. The minimum atomic E-state index is -0.0764. The van der Waals surface area contributed by atoms with Crippen molar-refractivity contribution in [2.24, 2.45) is 0 Å². The van der Waals surface area contributed by atoms with E-state index in [0.717, 1.165) is 0 Å². The minimum absolute atomic E-state index is 0. The molecule has 3 heteroatoms. The van der Waals surface area contributed by atoms with Gasteiger partial charge in [-0.2, -0.15) is 0 Å². The van der Waals surface area contributed by atoms with Crippen LogP contribution in [-0.4, -0.2) is 10.2 Å². The first-order chi connectivity index (χ1) is 3.80. The van der Waals surface area contributed by atoms with Crippen molar-refractivity contribution < 1.29 is 37.5 Å². The zero-order valence-corrected chi connectivity index (χ0v) is 8.95. The van der Waals surface area contributed by atoms with Gasteiger partial charge in [-0.05, 0) is 12.1 Å². The van der Waals surface area contributed by atoms with Crippen LogP contribution in [0.3, 0.4) is 0 Å². The van der Waals surface area contributed by atoms with E-state index < -0.39 is 0 Å². The molecule has 44 valence electrons. The molecule has 0 amide bonds. The van der Waals surface area contributed by atoms with Gasteiger partial charge in [-0.1, -0.05) is 12.1 Å². The molecule has 0 spiro atoms. The molecule has 0 saturated heterocycles. The minimum Gasteiger partial charge on any atom is -0.504 e. The molecule has 1 aromatic carbocycles. The maximum Gasteiger partial charge on any atom is 0.157 e. The zero-order valence-electron chi connectivity index (χ0n) is 4.91. The van der Waals surface area contributed by atoms with Crippen molar-refractivity contribution >= 4 is 0 Å². The van der Waals surface area contributed by atoms with Crippen LogP contribution in [0.4, 0.5) is 0 Å². The molecular formula is C6H6CdO2. The predicted molar refractivity (Wildman–Crippen MR) is 29.8 cm³/mol. The van der Waals surface area contributed by atoms with E-state index >= 15 is 0 Å². The SMILES string of the molecule is Oc1ccccc1O.[Cd]. The standard InChI is InChI=1S/C6H6O2.Cd/c7-5-3-1-2-4-6(5)8;/h1-4,7-8H;. The van der Waals surface area contributed by atoms with Crippen LogP contribution in [-0.2, 0) is 27.3 Å². The second-order valence-corrected chi connectivity index (χ2v) is 1.49. The van der Waals surface area contributed by atoms with Crippen LogP contribution in [0, 0.1) is 0 Å². The second kappa shape index (κ2) is 3.71. The molecule has 0 unspecified atom stereocenters. The van der Waals surface area contributed by atoms with E-state index in [4.69, 9.17) is 10.2 Å². The van der Waals surface area contributed by atoms with E-state index in [9.17, 15) is 0 Å². The van der Waals surface area contributed by atoms with E-state index in [1.54, 1.807) is 12.1 Å². The summed E-state index contributed by atoms with van der Waals surface area (Å²) < 4.78 is 0. The summed E-state index contributed by atoms with van der Waals surface area (Å²) in [5, 5.41) is 17.3. The Bertz CT molecular complexity index is 167. The van der Waals surface area contributed by atoms with Gasteiger partial charge in [0.05, 0.1) is 0 Å². The summed E-state index contributed by atoms with van der Waals surface area (Å²) in [6, 6.07) is 6.15. The van der Waals surface area contributed by atoms with E-state index in [1.807, 2.05) is 0 Å². The Hall–Kier alpha value is -0.258. The Morgan fingerprint density at radius 3 is 1.44 bits per heavy atom. The average molecular weight is 223 g/mol. The van der Waals surface area contributed by atoms with Crippen LogP contribution in [0.1, 0.15) is 0 Å². The van der Waals surface area contributed by atoms with Gasteiger partial charge in [-0.15, -0.1) is 0 Å². The predicted octanol–water partition coefficient (Wildman–Crippen LogP) is 1.10. The van der Waals surface area contributed by atoms with Crippen LogP contribution in [0.25, 0.3) is 0 Å². The first-order valence-electron chi connectivity index (χ1n) is 2.27. The van der Waals surface area contributed by atoms with Crippen molar-refractivity contribution in [2.75, 3.05) is 0 Å². The van der Waals surface area contributed by atoms with Crippen LogP contribution in [0.2, 0.25) is 0 Å². The summed E-state index contributed by atoms with van der Waals surface area (Å²) in [6.07, 6.45) is 0. The molecule has 0 radical (unpaired) electrons. The van der Waals surface area contributed by atoms with Crippen LogP contribution in [0.5, 0.6) is 11.5 Å². The molecule has 0 aliphatic carbocycles. The number of para-hydroxylation sites is 2. The monoisotopic (exact) mass is 224 g/mol. The quantitative estimate of drug-likeness (QED) is 0.510. The normalized spacial score (nSPS) is 8.00. The molecule has 0 bridgehead atoms. The summed E-state index contributed by atoms with van der Waals surface area (Å²) >= 11 is 0. The number of benzene rings is 1. The molecule has 1 aromatic rings. The van der Waals surface area contributed by atoms with E-state index in [1.165, 1.54) is 12.1 Å². The van der Waals surface area contributed by atoms with E-state index in [2.05, 4.69) is 0 Å². The number of hydrogen-bond acceptors (Lipinski definition) is 2. The van der Waals surface area contributed by atoms with E-state index in [0.29, 0.717) is 0 Å². The van der Waals surface area contributed by atoms with Crippen molar-refractivity contribution in [3.8, 4) is 11.5 Å². The summed E-state index contributed by atoms with van der Waals surface area (Å²) in [5.74, 6) is -0.153. The Balaban J connectivity index is 0.000000640. The van der Waals surface area contributed by atoms with Crippen LogP contribution in [0.15, 0.2) is 24.3 Å². The Labute approximate surface area is 73.3 Å². The summed E-state index contributed by atoms with van der Waals surface area (Å²) in [6.45, 7) is 0. The number of rotatable bonds is 0. The van der Waals surface area contributed by atoms with Gasteiger partial charge in [0.2, 0.25) is 0 Å². The molecule has 0 fully saturated rings. The van der Waals surface area contributed by atoms with Gasteiger partial charge in [0.1, 0.15) is 0 Å². The molecule has 0 aliphatic rings. The topological polar surface area (TPSA) is 40.5 Å². The van der Waals surface area contributed by atoms with Gasteiger partial charge in [-0.3, -0.25) is 0 Å². The molecule has 9 heavy (non-hydrogen) atoms. The van der Waals surface area contributed by atoms with Gasteiger partial charge in [0.15, 0.2) is 11.5 Å². The second-order valence-electron chi connectivity index (χ2n) is 1.49. The van der Waals surface area contributed by atoms with Crippen LogP contribution >= 0.6 is 0 Å². The zero-order chi connectivity index (χ0) is 5.98. The Morgan fingerprint density at radius 1 is 0.889 bits per heavy atom. The molecule has 2 nitrogen and oxygen atoms in total. The molecule has 0 saturated carbocycles. The Kier molecular flexibility index (Phi) is 3.60. The van der Waals surface area contributed by atoms with Gasteiger partial charge >= 0.3 is 0 Å². The molecule has 0 aromatic heterocycles. The fourth-order valence-corrected chi connectivity index (χ4v) is 0.464. The van der Waals surface area contributed by atoms with Gasteiger partial charge in [-0.25, -0.2) is 0 Å². The van der Waals surface area contributed by atoms with Gasteiger partial charge in [0.25, 0.3) is 0 Å². The third-order valence-electron chi connectivity index (χ3n) is 0.882. The van der Waals surface area contributed by atoms with Crippen molar-refractivity contribution in [2.45, 2.75) is 0 Å². The molecule has 0 aliphatic heterocycles. The van der Waals surface area contributed by atoms with Crippen molar-refractivity contribution in [3.05, 3.63) is 24.3 Å².